The van der Waals surface area contributed by atoms with Gasteiger partial charge in [0.1, 0.15) is 0 Å². The summed E-state index contributed by atoms with van der Waals surface area (Å²) in [4.78, 5) is 10.5. The van der Waals surface area contributed by atoms with Crippen molar-refractivity contribution in [2.75, 3.05) is 6.54 Å². The Bertz CT molecular complexity index is 183. The SMILES string of the molecule is CC/C=C\CC/C=C\CNC(C)=O. The Morgan fingerprint density at radius 3 is 2.31 bits per heavy atom. The Balaban J connectivity index is 3.22. The van der Waals surface area contributed by atoms with Crippen molar-refractivity contribution >= 4 is 5.91 Å². The Morgan fingerprint density at radius 2 is 1.77 bits per heavy atom. The van der Waals surface area contributed by atoms with E-state index in [0.29, 0.717) is 6.54 Å². The average molecular weight is 181 g/mol. The summed E-state index contributed by atoms with van der Waals surface area (Å²) in [7, 11) is 0. The van der Waals surface area contributed by atoms with Gasteiger partial charge in [-0.15, -0.1) is 0 Å². The lowest BCUT2D eigenvalue weighted by molar-refractivity contribution is -0.118. The van der Waals surface area contributed by atoms with Gasteiger partial charge in [0.25, 0.3) is 0 Å². The molecule has 0 spiro atoms. The molecule has 1 amide bonds. The third-order valence-electron chi connectivity index (χ3n) is 1.54. The summed E-state index contributed by atoms with van der Waals surface area (Å²) in [6.07, 6.45) is 11.7. The minimum Gasteiger partial charge on any atom is -0.353 e. The topological polar surface area (TPSA) is 29.1 Å². The van der Waals surface area contributed by atoms with E-state index in [4.69, 9.17) is 0 Å². The van der Waals surface area contributed by atoms with Gasteiger partial charge in [-0.25, -0.2) is 0 Å². The fourth-order valence-electron chi connectivity index (χ4n) is 0.881. The largest absolute Gasteiger partial charge is 0.353 e. The summed E-state index contributed by atoms with van der Waals surface area (Å²) in [5.74, 6) is 0.0236. The van der Waals surface area contributed by atoms with Crippen LogP contribution in [0.2, 0.25) is 0 Å². The number of allylic oxidation sites excluding steroid dienone is 3. The average Bonchev–Trinajstić information content (AvgIpc) is 2.09. The van der Waals surface area contributed by atoms with Crippen molar-refractivity contribution in [3.8, 4) is 0 Å². The molecule has 0 aliphatic rings. The van der Waals surface area contributed by atoms with Crippen LogP contribution >= 0.6 is 0 Å². The number of rotatable bonds is 6. The molecule has 0 aliphatic carbocycles. The van der Waals surface area contributed by atoms with E-state index in [0.717, 1.165) is 19.3 Å². The summed E-state index contributed by atoms with van der Waals surface area (Å²) in [5, 5.41) is 2.70. The molecule has 0 bridgehead atoms. The second-order valence-electron chi connectivity index (χ2n) is 2.87. The van der Waals surface area contributed by atoms with Crippen molar-refractivity contribution in [2.45, 2.75) is 33.1 Å². The summed E-state index contributed by atoms with van der Waals surface area (Å²) < 4.78 is 0. The van der Waals surface area contributed by atoms with Crippen molar-refractivity contribution in [1.82, 2.24) is 5.32 Å². The molecule has 0 saturated heterocycles. The lowest BCUT2D eigenvalue weighted by Crippen LogP contribution is -2.19. The molecule has 0 atom stereocenters. The third-order valence-corrected chi connectivity index (χ3v) is 1.54. The molecule has 2 nitrogen and oxygen atoms in total. The molecule has 0 unspecified atom stereocenters. The number of carbonyl (C=O) groups excluding carboxylic acids is 1. The lowest BCUT2D eigenvalue weighted by atomic mass is 10.2. The van der Waals surface area contributed by atoms with Crippen LogP contribution in [0.5, 0.6) is 0 Å². The van der Waals surface area contributed by atoms with Crippen LogP contribution in [0.25, 0.3) is 0 Å². The number of hydrogen-bond donors (Lipinski definition) is 1. The Hall–Kier alpha value is -1.05. The second-order valence-corrected chi connectivity index (χ2v) is 2.87. The van der Waals surface area contributed by atoms with Gasteiger partial charge in [0.05, 0.1) is 0 Å². The van der Waals surface area contributed by atoms with E-state index in [2.05, 4.69) is 30.5 Å². The predicted octanol–water partition coefficient (Wildman–Crippen LogP) is 2.43. The first-order valence-electron chi connectivity index (χ1n) is 4.81. The van der Waals surface area contributed by atoms with Gasteiger partial charge >= 0.3 is 0 Å². The number of unbranched alkanes of at least 4 members (excludes halogenated alkanes) is 1. The fraction of sp³-hybridized carbons (Fsp3) is 0.545. The normalized spacial score (nSPS) is 11.2. The van der Waals surface area contributed by atoms with Gasteiger partial charge in [0, 0.05) is 13.5 Å². The third kappa shape index (κ3) is 10.9. The van der Waals surface area contributed by atoms with Crippen molar-refractivity contribution < 1.29 is 4.79 Å². The van der Waals surface area contributed by atoms with E-state index >= 15 is 0 Å². The van der Waals surface area contributed by atoms with Crippen LogP contribution in [0.4, 0.5) is 0 Å². The van der Waals surface area contributed by atoms with Crippen molar-refractivity contribution in [1.29, 1.82) is 0 Å². The van der Waals surface area contributed by atoms with Gasteiger partial charge in [-0.05, 0) is 19.3 Å². The number of hydrogen-bond acceptors (Lipinski definition) is 1. The van der Waals surface area contributed by atoms with E-state index in [1.54, 1.807) is 0 Å². The van der Waals surface area contributed by atoms with E-state index in [1.807, 2.05) is 6.08 Å². The van der Waals surface area contributed by atoms with Crippen LogP contribution in [0.15, 0.2) is 24.3 Å². The zero-order valence-electron chi connectivity index (χ0n) is 8.55. The molecule has 0 fully saturated rings. The molecule has 0 aromatic rings. The van der Waals surface area contributed by atoms with E-state index in [1.165, 1.54) is 6.92 Å². The molecule has 0 aliphatic heterocycles. The monoisotopic (exact) mass is 181 g/mol. The maximum atomic E-state index is 10.5. The fourth-order valence-corrected chi connectivity index (χ4v) is 0.881. The Kier molecular flexibility index (Phi) is 8.31. The van der Waals surface area contributed by atoms with Crippen LogP contribution in [0.3, 0.4) is 0 Å². The highest BCUT2D eigenvalue weighted by molar-refractivity contribution is 5.72. The Morgan fingerprint density at radius 1 is 1.15 bits per heavy atom. The molecule has 0 rings (SSSR count). The predicted molar refractivity (Wildman–Crippen MR) is 56.5 cm³/mol. The molecule has 0 aromatic carbocycles. The van der Waals surface area contributed by atoms with Crippen LogP contribution in [-0.4, -0.2) is 12.5 Å². The number of amides is 1. The van der Waals surface area contributed by atoms with Crippen LogP contribution in [-0.2, 0) is 4.79 Å². The van der Waals surface area contributed by atoms with Gasteiger partial charge in [-0.3, -0.25) is 4.79 Å². The molecular formula is C11H19NO. The van der Waals surface area contributed by atoms with E-state index < -0.39 is 0 Å². The standard InChI is InChI=1S/C11H19NO/c1-3-4-5-6-7-8-9-10-12-11(2)13/h4-5,8-9H,3,6-7,10H2,1-2H3,(H,12,13)/b5-4-,9-8-. The number of nitrogens with one attached hydrogen (secondary N) is 1. The highest BCUT2D eigenvalue weighted by Crippen LogP contribution is 1.93. The maximum Gasteiger partial charge on any atom is 0.217 e. The quantitative estimate of drug-likeness (QED) is 0.495. The minimum absolute atomic E-state index is 0.0236. The maximum absolute atomic E-state index is 10.5. The molecule has 2 heteroatoms. The summed E-state index contributed by atoms with van der Waals surface area (Å²) in [6.45, 7) is 4.30. The summed E-state index contributed by atoms with van der Waals surface area (Å²) in [6, 6.07) is 0. The summed E-state index contributed by atoms with van der Waals surface area (Å²) in [5.41, 5.74) is 0. The van der Waals surface area contributed by atoms with Crippen LogP contribution in [0, 0.1) is 0 Å². The molecule has 1 N–H and O–H groups in total. The Labute approximate surface area is 80.7 Å². The van der Waals surface area contributed by atoms with Crippen molar-refractivity contribution in [2.24, 2.45) is 0 Å². The molecule has 0 aromatic heterocycles. The first kappa shape index (κ1) is 11.9. The van der Waals surface area contributed by atoms with Crippen LogP contribution < -0.4 is 5.32 Å². The highest BCUT2D eigenvalue weighted by atomic mass is 16.1. The first-order chi connectivity index (χ1) is 6.27. The van der Waals surface area contributed by atoms with Gasteiger partial charge in [0.2, 0.25) is 5.91 Å². The molecule has 0 radical (unpaired) electrons. The molecular weight excluding hydrogens is 162 g/mol. The van der Waals surface area contributed by atoms with Gasteiger partial charge in [0.15, 0.2) is 0 Å². The van der Waals surface area contributed by atoms with Gasteiger partial charge < -0.3 is 5.32 Å². The minimum atomic E-state index is 0.0236. The van der Waals surface area contributed by atoms with Gasteiger partial charge in [-0.1, -0.05) is 31.2 Å². The zero-order valence-corrected chi connectivity index (χ0v) is 8.55. The second kappa shape index (κ2) is 9.04. The zero-order chi connectivity index (χ0) is 9.94. The van der Waals surface area contributed by atoms with E-state index in [-0.39, 0.29) is 5.91 Å². The highest BCUT2D eigenvalue weighted by Gasteiger charge is 1.83. The lowest BCUT2D eigenvalue weighted by Gasteiger charge is -1.93. The molecule has 0 heterocycles. The smallest absolute Gasteiger partial charge is 0.217 e. The number of carbonyl (C=O) groups is 1. The molecule has 13 heavy (non-hydrogen) atoms. The molecule has 74 valence electrons. The van der Waals surface area contributed by atoms with Crippen LogP contribution in [0.1, 0.15) is 33.1 Å². The van der Waals surface area contributed by atoms with E-state index in [9.17, 15) is 4.79 Å². The van der Waals surface area contributed by atoms with Crippen molar-refractivity contribution in [3.63, 3.8) is 0 Å². The first-order valence-corrected chi connectivity index (χ1v) is 4.81. The van der Waals surface area contributed by atoms with Gasteiger partial charge in [-0.2, -0.15) is 0 Å². The molecule has 0 saturated carbocycles. The summed E-state index contributed by atoms with van der Waals surface area (Å²) >= 11 is 0. The van der Waals surface area contributed by atoms with Crippen molar-refractivity contribution in [3.05, 3.63) is 24.3 Å².